The monoisotopic (exact) mass is 208 g/mol. The van der Waals surface area contributed by atoms with Crippen LogP contribution in [0.3, 0.4) is 0 Å². The van der Waals surface area contributed by atoms with E-state index in [-0.39, 0.29) is 12.2 Å². The zero-order valence-corrected chi connectivity index (χ0v) is 8.12. The topological polar surface area (TPSA) is 39.4 Å². The van der Waals surface area contributed by atoms with Crippen molar-refractivity contribution in [2.24, 2.45) is 0 Å². The van der Waals surface area contributed by atoms with Gasteiger partial charge in [0.25, 0.3) is 0 Å². The molecule has 0 N–H and O–H groups in total. The minimum absolute atomic E-state index is 0.0716. The van der Waals surface area contributed by atoms with Gasteiger partial charge in [-0.3, -0.25) is 4.79 Å². The van der Waals surface area contributed by atoms with Gasteiger partial charge in [0.05, 0.1) is 6.26 Å². The number of benzene rings is 1. The van der Waals surface area contributed by atoms with Crippen molar-refractivity contribution in [2.75, 3.05) is 0 Å². The van der Waals surface area contributed by atoms with Crippen molar-refractivity contribution in [3.63, 3.8) is 0 Å². The smallest absolute Gasteiger partial charge is 0.302 e. The van der Waals surface area contributed by atoms with Crippen LogP contribution < -0.4 is 0 Å². The number of esters is 1. The molecule has 0 atom stereocenters. The van der Waals surface area contributed by atoms with E-state index in [4.69, 9.17) is 9.15 Å². The Morgan fingerprint density at radius 3 is 3.00 bits per heavy atom. The quantitative estimate of drug-likeness (QED) is 0.712. The molecule has 0 fully saturated rings. The zero-order valence-electron chi connectivity index (χ0n) is 8.12. The Balaban J connectivity index is 2.35. The van der Waals surface area contributed by atoms with Crippen LogP contribution in [-0.4, -0.2) is 5.97 Å². The van der Waals surface area contributed by atoms with Crippen molar-refractivity contribution in [1.82, 2.24) is 0 Å². The van der Waals surface area contributed by atoms with Gasteiger partial charge in [-0.05, 0) is 6.07 Å². The summed E-state index contributed by atoms with van der Waals surface area (Å²) < 4.78 is 23.4. The lowest BCUT2D eigenvalue weighted by Gasteiger charge is -2.03. The fraction of sp³-hybridized carbons (Fsp3) is 0.182. The number of fused-ring (bicyclic) bond motifs is 1. The second-order valence-corrected chi connectivity index (χ2v) is 3.16. The molecule has 0 aliphatic carbocycles. The standard InChI is InChI=1S/C11H9FO3/c1-7(13)15-6-9-3-2-8-4-5-14-11(8)10(9)12/h2-5H,6H2,1H3. The van der Waals surface area contributed by atoms with E-state index in [2.05, 4.69) is 0 Å². The molecule has 0 amide bonds. The molecular formula is C11H9FO3. The Kier molecular flexibility index (Phi) is 2.41. The van der Waals surface area contributed by atoms with E-state index in [9.17, 15) is 9.18 Å². The highest BCUT2D eigenvalue weighted by Crippen LogP contribution is 2.22. The number of carbonyl (C=O) groups excluding carboxylic acids is 1. The van der Waals surface area contributed by atoms with Crippen LogP contribution in [0, 0.1) is 5.82 Å². The lowest BCUT2D eigenvalue weighted by Crippen LogP contribution is -2.00. The van der Waals surface area contributed by atoms with Crippen LogP contribution in [0.15, 0.2) is 28.9 Å². The van der Waals surface area contributed by atoms with Crippen LogP contribution in [-0.2, 0) is 16.1 Å². The van der Waals surface area contributed by atoms with Crippen LogP contribution in [0.2, 0.25) is 0 Å². The van der Waals surface area contributed by atoms with Crippen LogP contribution >= 0.6 is 0 Å². The molecule has 78 valence electrons. The van der Waals surface area contributed by atoms with E-state index < -0.39 is 11.8 Å². The molecule has 0 bridgehead atoms. The summed E-state index contributed by atoms with van der Waals surface area (Å²) in [5.41, 5.74) is 0.507. The van der Waals surface area contributed by atoms with Crippen molar-refractivity contribution in [1.29, 1.82) is 0 Å². The first-order chi connectivity index (χ1) is 7.18. The van der Waals surface area contributed by atoms with Crippen LogP contribution in [0.25, 0.3) is 11.0 Å². The van der Waals surface area contributed by atoms with E-state index >= 15 is 0 Å². The first-order valence-electron chi connectivity index (χ1n) is 4.46. The minimum atomic E-state index is -0.473. The fourth-order valence-electron chi connectivity index (χ4n) is 1.33. The van der Waals surface area contributed by atoms with Crippen LogP contribution in [0.1, 0.15) is 12.5 Å². The molecular weight excluding hydrogens is 199 g/mol. The van der Waals surface area contributed by atoms with E-state index in [1.165, 1.54) is 13.2 Å². The largest absolute Gasteiger partial charge is 0.461 e. The normalized spacial score (nSPS) is 10.5. The first-order valence-corrected chi connectivity index (χ1v) is 4.46. The minimum Gasteiger partial charge on any atom is -0.461 e. The van der Waals surface area contributed by atoms with Gasteiger partial charge in [0.15, 0.2) is 11.4 Å². The van der Waals surface area contributed by atoms with Gasteiger partial charge in [-0.25, -0.2) is 4.39 Å². The molecule has 0 aliphatic heterocycles. The van der Waals surface area contributed by atoms with Crippen LogP contribution in [0.5, 0.6) is 0 Å². The molecule has 0 unspecified atom stereocenters. The summed E-state index contributed by atoms with van der Waals surface area (Å²) in [5.74, 6) is -0.910. The number of rotatable bonds is 2. The van der Waals surface area contributed by atoms with Crippen LogP contribution in [0.4, 0.5) is 4.39 Å². The van der Waals surface area contributed by atoms with Gasteiger partial charge in [-0.15, -0.1) is 0 Å². The Hall–Kier alpha value is -1.84. The lowest BCUT2D eigenvalue weighted by molar-refractivity contribution is -0.142. The lowest BCUT2D eigenvalue weighted by atomic mass is 10.1. The van der Waals surface area contributed by atoms with Gasteiger partial charge in [0.1, 0.15) is 6.61 Å². The van der Waals surface area contributed by atoms with E-state index in [1.807, 2.05) is 0 Å². The molecule has 4 heteroatoms. The highest BCUT2D eigenvalue weighted by molar-refractivity contribution is 5.78. The average Bonchev–Trinajstić information content (AvgIpc) is 2.65. The summed E-state index contributed by atoms with van der Waals surface area (Å²) in [6.07, 6.45) is 1.42. The molecule has 0 radical (unpaired) electrons. The highest BCUT2D eigenvalue weighted by atomic mass is 19.1. The molecule has 3 nitrogen and oxygen atoms in total. The summed E-state index contributed by atoms with van der Waals surface area (Å²) in [6, 6.07) is 4.98. The van der Waals surface area contributed by atoms with E-state index in [1.54, 1.807) is 18.2 Å². The van der Waals surface area contributed by atoms with Gasteiger partial charge >= 0.3 is 5.97 Å². The molecule has 1 aromatic heterocycles. The summed E-state index contributed by atoms with van der Waals surface area (Å²) in [5, 5.41) is 0.694. The third-order valence-corrected chi connectivity index (χ3v) is 2.07. The van der Waals surface area contributed by atoms with E-state index in [0.29, 0.717) is 10.9 Å². The SMILES string of the molecule is CC(=O)OCc1ccc2ccoc2c1F. The molecule has 0 spiro atoms. The Bertz CT molecular complexity index is 502. The fourth-order valence-corrected chi connectivity index (χ4v) is 1.33. The van der Waals surface area contributed by atoms with Gasteiger partial charge in [0.2, 0.25) is 0 Å². The van der Waals surface area contributed by atoms with Crippen molar-refractivity contribution in [3.05, 3.63) is 35.8 Å². The van der Waals surface area contributed by atoms with Crippen molar-refractivity contribution >= 4 is 16.9 Å². The average molecular weight is 208 g/mol. The Morgan fingerprint density at radius 1 is 1.47 bits per heavy atom. The molecule has 1 aromatic carbocycles. The number of hydrogen-bond donors (Lipinski definition) is 0. The van der Waals surface area contributed by atoms with Gasteiger partial charge < -0.3 is 9.15 Å². The third-order valence-electron chi connectivity index (χ3n) is 2.07. The summed E-state index contributed by atoms with van der Waals surface area (Å²) in [4.78, 5) is 10.6. The van der Waals surface area contributed by atoms with Gasteiger partial charge in [0, 0.05) is 17.9 Å². The molecule has 0 saturated carbocycles. The summed E-state index contributed by atoms with van der Waals surface area (Å²) >= 11 is 0. The predicted molar refractivity (Wildman–Crippen MR) is 51.6 cm³/mol. The molecule has 1 heterocycles. The molecule has 2 aromatic rings. The number of hydrogen-bond acceptors (Lipinski definition) is 3. The molecule has 15 heavy (non-hydrogen) atoms. The maximum absolute atomic E-state index is 13.7. The maximum atomic E-state index is 13.7. The predicted octanol–water partition coefficient (Wildman–Crippen LogP) is 2.64. The zero-order chi connectivity index (χ0) is 10.8. The van der Waals surface area contributed by atoms with Gasteiger partial charge in [-0.2, -0.15) is 0 Å². The second-order valence-electron chi connectivity index (χ2n) is 3.16. The van der Waals surface area contributed by atoms with Gasteiger partial charge in [-0.1, -0.05) is 12.1 Å². The highest BCUT2D eigenvalue weighted by Gasteiger charge is 2.10. The van der Waals surface area contributed by atoms with Crippen molar-refractivity contribution in [3.8, 4) is 0 Å². The second kappa shape index (κ2) is 3.73. The maximum Gasteiger partial charge on any atom is 0.302 e. The Morgan fingerprint density at radius 2 is 2.27 bits per heavy atom. The van der Waals surface area contributed by atoms with Crippen molar-refractivity contribution in [2.45, 2.75) is 13.5 Å². The summed E-state index contributed by atoms with van der Waals surface area (Å²) in [6.45, 7) is 1.21. The van der Waals surface area contributed by atoms with E-state index in [0.717, 1.165) is 0 Å². The number of ether oxygens (including phenoxy) is 1. The third kappa shape index (κ3) is 1.83. The Labute approximate surface area is 85.4 Å². The number of furan rings is 1. The molecule has 0 aliphatic rings. The molecule has 0 saturated heterocycles. The summed E-state index contributed by atoms with van der Waals surface area (Å²) in [7, 11) is 0. The van der Waals surface area contributed by atoms with Crippen molar-refractivity contribution < 1.29 is 18.3 Å². The first kappa shape index (κ1) is 9.71. The molecule has 2 rings (SSSR count). The number of halogens is 1. The number of carbonyl (C=O) groups is 1.